The molecular formula is C22H28BrNO3. The number of aliphatic hydroxyl groups excluding tert-OH is 1. The Balaban J connectivity index is 1.81. The van der Waals surface area contributed by atoms with Crippen molar-refractivity contribution < 1.29 is 14.6 Å². The van der Waals surface area contributed by atoms with E-state index in [1.54, 1.807) is 13.2 Å². The fraction of sp³-hybridized carbons (Fsp3) is 0.500. The lowest BCUT2D eigenvalue weighted by Crippen LogP contribution is -2.33. The average molecular weight is 434 g/mol. The predicted octanol–water partition coefficient (Wildman–Crippen LogP) is 5.13. The molecule has 0 unspecified atom stereocenters. The van der Waals surface area contributed by atoms with Gasteiger partial charge in [0, 0.05) is 0 Å². The molecule has 146 valence electrons. The standard InChI is InChI=1S/C22H28BrNO3/c1-26-20-12-10-17(11-13-20)15-27-16-18-6-2-4-8-21(18)22(25)9-5-3-7-19(23)14-24/h3,5,7,10-13,18,21-22,25H,2,4,6,8-9,15-16H2,1H3/b5-3+,19-7+/t18-,21+,22-/m0/s1. The van der Waals surface area contributed by atoms with Gasteiger partial charge in [0.2, 0.25) is 0 Å². The minimum Gasteiger partial charge on any atom is -0.497 e. The zero-order valence-corrected chi connectivity index (χ0v) is 17.4. The van der Waals surface area contributed by atoms with Crippen LogP contribution in [-0.4, -0.2) is 24.9 Å². The van der Waals surface area contributed by atoms with E-state index in [-0.39, 0.29) is 12.0 Å². The van der Waals surface area contributed by atoms with Crippen LogP contribution in [0.4, 0.5) is 0 Å². The van der Waals surface area contributed by atoms with Crippen LogP contribution in [0.25, 0.3) is 0 Å². The highest BCUT2D eigenvalue weighted by molar-refractivity contribution is 9.12. The molecule has 27 heavy (non-hydrogen) atoms. The van der Waals surface area contributed by atoms with Crippen LogP contribution >= 0.6 is 15.9 Å². The molecule has 1 aromatic carbocycles. The minimum absolute atomic E-state index is 0.266. The van der Waals surface area contributed by atoms with Gasteiger partial charge in [-0.25, -0.2) is 0 Å². The van der Waals surface area contributed by atoms with Gasteiger partial charge in [0.15, 0.2) is 0 Å². The molecule has 1 fully saturated rings. The number of allylic oxidation sites excluding steroid dienone is 3. The number of benzene rings is 1. The third-order valence-electron chi connectivity index (χ3n) is 5.08. The summed E-state index contributed by atoms with van der Waals surface area (Å²) in [6.07, 6.45) is 10.2. The molecule has 1 aromatic rings. The number of nitrogens with zero attached hydrogens (tertiary/aromatic N) is 1. The molecular weight excluding hydrogens is 406 g/mol. The van der Waals surface area contributed by atoms with Gasteiger partial charge in [-0.2, -0.15) is 5.26 Å². The molecule has 2 rings (SSSR count). The molecule has 0 saturated heterocycles. The second-order valence-corrected chi connectivity index (χ2v) is 7.78. The quantitative estimate of drug-likeness (QED) is 0.433. The highest BCUT2D eigenvalue weighted by Crippen LogP contribution is 2.34. The molecule has 0 amide bonds. The summed E-state index contributed by atoms with van der Waals surface area (Å²) in [7, 11) is 1.66. The molecule has 0 bridgehead atoms. The van der Waals surface area contributed by atoms with Crippen LogP contribution < -0.4 is 4.74 Å². The number of hydrogen-bond donors (Lipinski definition) is 1. The number of rotatable bonds is 9. The van der Waals surface area contributed by atoms with Crippen molar-refractivity contribution in [3.05, 3.63) is 52.5 Å². The Kier molecular flexibility index (Phi) is 9.61. The first kappa shape index (κ1) is 21.7. The summed E-state index contributed by atoms with van der Waals surface area (Å²) in [5, 5.41) is 19.3. The summed E-state index contributed by atoms with van der Waals surface area (Å²) < 4.78 is 11.6. The van der Waals surface area contributed by atoms with Crippen molar-refractivity contribution in [3.8, 4) is 11.8 Å². The van der Waals surface area contributed by atoms with Gasteiger partial charge in [-0.15, -0.1) is 0 Å². The van der Waals surface area contributed by atoms with E-state index >= 15 is 0 Å². The molecule has 5 heteroatoms. The van der Waals surface area contributed by atoms with Crippen molar-refractivity contribution in [2.45, 2.75) is 44.8 Å². The van der Waals surface area contributed by atoms with Crippen molar-refractivity contribution >= 4 is 15.9 Å². The van der Waals surface area contributed by atoms with Crippen LogP contribution in [0.5, 0.6) is 5.75 Å². The second-order valence-electron chi connectivity index (χ2n) is 6.93. The van der Waals surface area contributed by atoms with E-state index in [1.165, 1.54) is 12.8 Å². The molecule has 0 radical (unpaired) electrons. The lowest BCUT2D eigenvalue weighted by Gasteiger charge is -2.34. The van der Waals surface area contributed by atoms with Crippen molar-refractivity contribution in [1.29, 1.82) is 5.26 Å². The summed E-state index contributed by atoms with van der Waals surface area (Å²) in [6, 6.07) is 9.93. The van der Waals surface area contributed by atoms with E-state index in [2.05, 4.69) is 15.9 Å². The number of methoxy groups -OCH3 is 1. The van der Waals surface area contributed by atoms with Crippen LogP contribution in [0.15, 0.2) is 47.0 Å². The molecule has 4 nitrogen and oxygen atoms in total. The smallest absolute Gasteiger partial charge is 0.118 e. The Hall–Kier alpha value is -1.61. The fourth-order valence-corrected chi connectivity index (χ4v) is 3.73. The van der Waals surface area contributed by atoms with E-state index < -0.39 is 0 Å². The van der Waals surface area contributed by atoms with Gasteiger partial charge in [-0.05, 0) is 70.8 Å². The Morgan fingerprint density at radius 3 is 2.78 bits per heavy atom. The van der Waals surface area contributed by atoms with Crippen LogP contribution in [0.3, 0.4) is 0 Å². The lowest BCUT2D eigenvalue weighted by molar-refractivity contribution is -0.00325. The summed E-state index contributed by atoms with van der Waals surface area (Å²) in [5.41, 5.74) is 1.13. The van der Waals surface area contributed by atoms with Crippen LogP contribution in [0, 0.1) is 23.2 Å². The van der Waals surface area contributed by atoms with Crippen LogP contribution in [0.1, 0.15) is 37.7 Å². The maximum atomic E-state index is 10.6. The Morgan fingerprint density at radius 1 is 1.33 bits per heavy atom. The number of hydrogen-bond acceptors (Lipinski definition) is 4. The van der Waals surface area contributed by atoms with Gasteiger partial charge in [0.05, 0.1) is 30.9 Å². The van der Waals surface area contributed by atoms with E-state index in [1.807, 2.05) is 42.5 Å². The fourth-order valence-electron chi connectivity index (χ4n) is 3.58. The highest BCUT2D eigenvalue weighted by Gasteiger charge is 2.30. The van der Waals surface area contributed by atoms with E-state index in [9.17, 15) is 5.11 Å². The molecule has 3 atom stereocenters. The molecule has 0 aliphatic heterocycles. The van der Waals surface area contributed by atoms with Gasteiger partial charge in [-0.1, -0.05) is 37.1 Å². The average Bonchev–Trinajstić information content (AvgIpc) is 2.71. The van der Waals surface area contributed by atoms with E-state index in [4.69, 9.17) is 14.7 Å². The first-order valence-electron chi connectivity index (χ1n) is 9.45. The Labute approximate surface area is 170 Å². The molecule has 0 spiro atoms. The summed E-state index contributed by atoms with van der Waals surface area (Å²) in [5.74, 6) is 1.50. The largest absolute Gasteiger partial charge is 0.497 e. The van der Waals surface area contributed by atoms with Crippen molar-refractivity contribution in [3.63, 3.8) is 0 Å². The number of ether oxygens (including phenoxy) is 2. The normalized spacial score (nSPS) is 21.8. The van der Waals surface area contributed by atoms with Gasteiger partial charge in [0.1, 0.15) is 11.8 Å². The zero-order chi connectivity index (χ0) is 19.5. The third-order valence-corrected chi connectivity index (χ3v) is 5.53. The van der Waals surface area contributed by atoms with Crippen LogP contribution in [-0.2, 0) is 11.3 Å². The van der Waals surface area contributed by atoms with E-state index in [0.717, 1.165) is 24.2 Å². The van der Waals surface area contributed by atoms with Gasteiger partial charge < -0.3 is 14.6 Å². The maximum absolute atomic E-state index is 10.6. The molecule has 0 aromatic heterocycles. The van der Waals surface area contributed by atoms with E-state index in [0.29, 0.717) is 30.0 Å². The summed E-state index contributed by atoms with van der Waals surface area (Å²) in [4.78, 5) is 0. The first-order valence-corrected chi connectivity index (χ1v) is 10.2. The van der Waals surface area contributed by atoms with Crippen LogP contribution in [0.2, 0.25) is 0 Å². The van der Waals surface area contributed by atoms with Crippen molar-refractivity contribution in [2.75, 3.05) is 13.7 Å². The van der Waals surface area contributed by atoms with Gasteiger partial charge >= 0.3 is 0 Å². The second kappa shape index (κ2) is 12.0. The lowest BCUT2D eigenvalue weighted by atomic mass is 9.76. The SMILES string of the molecule is COc1ccc(COC[C@@H]2CCCC[C@H]2[C@@H](O)C/C=C/C=C(/Br)C#N)cc1. The molecule has 1 aliphatic carbocycles. The number of halogens is 1. The van der Waals surface area contributed by atoms with Crippen molar-refractivity contribution in [1.82, 2.24) is 0 Å². The Morgan fingerprint density at radius 2 is 2.07 bits per heavy atom. The summed E-state index contributed by atoms with van der Waals surface area (Å²) in [6.45, 7) is 1.26. The molecule has 1 N–H and O–H groups in total. The third kappa shape index (κ3) is 7.50. The van der Waals surface area contributed by atoms with Crippen molar-refractivity contribution in [2.24, 2.45) is 11.8 Å². The first-order chi connectivity index (χ1) is 13.1. The number of nitriles is 1. The molecule has 0 heterocycles. The summed E-state index contributed by atoms with van der Waals surface area (Å²) >= 11 is 3.15. The topological polar surface area (TPSA) is 62.5 Å². The minimum atomic E-state index is -0.370. The van der Waals surface area contributed by atoms with Gasteiger partial charge in [-0.3, -0.25) is 0 Å². The molecule has 1 aliphatic rings. The number of aliphatic hydroxyl groups is 1. The molecule has 1 saturated carbocycles. The monoisotopic (exact) mass is 433 g/mol. The highest BCUT2D eigenvalue weighted by atomic mass is 79.9. The predicted molar refractivity (Wildman–Crippen MR) is 110 cm³/mol. The zero-order valence-electron chi connectivity index (χ0n) is 15.8. The Bertz CT molecular complexity index is 663. The van der Waals surface area contributed by atoms with Gasteiger partial charge in [0.25, 0.3) is 0 Å². The maximum Gasteiger partial charge on any atom is 0.118 e.